The van der Waals surface area contributed by atoms with Crippen LogP contribution in [0.2, 0.25) is 5.02 Å². The average molecular weight is 284 g/mol. The number of likely N-dealkylation sites (N-methyl/N-ethyl adjacent to an activating group) is 1. The van der Waals surface area contributed by atoms with Crippen molar-refractivity contribution in [2.24, 2.45) is 0 Å². The van der Waals surface area contributed by atoms with E-state index in [1.807, 2.05) is 6.92 Å². The van der Waals surface area contributed by atoms with E-state index in [9.17, 15) is 4.79 Å². The minimum atomic E-state index is -0.176. The molecule has 1 fully saturated rings. The van der Waals surface area contributed by atoms with Gasteiger partial charge in [-0.1, -0.05) is 11.6 Å². The van der Waals surface area contributed by atoms with Crippen molar-refractivity contribution >= 4 is 23.3 Å². The predicted octanol–water partition coefficient (Wildman–Crippen LogP) is 2.03. The average Bonchev–Trinajstić information content (AvgIpc) is 2.84. The molecule has 1 aromatic rings. The Morgan fingerprint density at radius 2 is 2.32 bits per heavy atom. The fourth-order valence-corrected chi connectivity index (χ4v) is 2.46. The molecule has 0 aromatic carbocycles. The van der Waals surface area contributed by atoms with E-state index in [1.165, 1.54) is 0 Å². The van der Waals surface area contributed by atoms with Crippen molar-refractivity contribution in [3.8, 4) is 0 Å². The van der Waals surface area contributed by atoms with Gasteiger partial charge in [-0.2, -0.15) is 0 Å². The molecule has 0 spiro atoms. The molecule has 2 rings (SSSR count). The maximum atomic E-state index is 12.5. The van der Waals surface area contributed by atoms with E-state index in [-0.39, 0.29) is 23.7 Å². The Hall–Kier alpha value is -1.33. The van der Waals surface area contributed by atoms with Crippen molar-refractivity contribution < 1.29 is 9.53 Å². The van der Waals surface area contributed by atoms with Gasteiger partial charge in [-0.25, -0.2) is 4.98 Å². The number of halogens is 1. The van der Waals surface area contributed by atoms with Crippen LogP contribution in [0.25, 0.3) is 0 Å². The molecule has 2 atom stereocenters. The zero-order chi connectivity index (χ0) is 14.0. The second-order valence-corrected chi connectivity index (χ2v) is 5.03. The van der Waals surface area contributed by atoms with E-state index >= 15 is 0 Å². The summed E-state index contributed by atoms with van der Waals surface area (Å²) in [5, 5.41) is 3.26. The van der Waals surface area contributed by atoms with Crippen LogP contribution < -0.4 is 5.32 Å². The minimum absolute atomic E-state index is 0.0419. The molecule has 0 radical (unpaired) electrons. The number of pyridine rings is 1. The topological polar surface area (TPSA) is 54.5 Å². The SMILES string of the molecule is CNc1ccc(Cl)c(C(=O)N(C)C2CCOC2C)n1. The quantitative estimate of drug-likeness (QED) is 0.922. The van der Waals surface area contributed by atoms with Crippen molar-refractivity contribution in [2.75, 3.05) is 26.0 Å². The second kappa shape index (κ2) is 5.75. The van der Waals surface area contributed by atoms with Gasteiger partial charge in [-0.05, 0) is 25.5 Å². The number of rotatable bonds is 3. The van der Waals surface area contributed by atoms with Crippen molar-refractivity contribution in [3.05, 3.63) is 22.8 Å². The summed E-state index contributed by atoms with van der Waals surface area (Å²) in [5.74, 6) is 0.446. The van der Waals surface area contributed by atoms with Crippen LogP contribution in [-0.2, 0) is 4.74 Å². The number of hydrogen-bond donors (Lipinski definition) is 1. The van der Waals surface area contributed by atoms with Gasteiger partial charge in [0.15, 0.2) is 0 Å². The van der Waals surface area contributed by atoms with E-state index in [0.29, 0.717) is 17.4 Å². The smallest absolute Gasteiger partial charge is 0.274 e. The molecule has 1 aliphatic heterocycles. The predicted molar refractivity (Wildman–Crippen MR) is 74.7 cm³/mol. The van der Waals surface area contributed by atoms with Gasteiger partial charge in [0.05, 0.1) is 17.2 Å². The van der Waals surface area contributed by atoms with Crippen LogP contribution in [0, 0.1) is 0 Å². The number of nitrogens with one attached hydrogen (secondary N) is 1. The second-order valence-electron chi connectivity index (χ2n) is 4.62. The number of amides is 1. The molecule has 2 unspecified atom stereocenters. The number of nitrogens with zero attached hydrogens (tertiary/aromatic N) is 2. The number of aromatic nitrogens is 1. The Labute approximate surface area is 117 Å². The van der Waals surface area contributed by atoms with Gasteiger partial charge in [0.1, 0.15) is 11.5 Å². The lowest BCUT2D eigenvalue weighted by atomic mass is 10.1. The van der Waals surface area contributed by atoms with E-state index in [0.717, 1.165) is 6.42 Å². The molecule has 1 aliphatic rings. The first kappa shape index (κ1) is 14.1. The third-order valence-electron chi connectivity index (χ3n) is 3.46. The van der Waals surface area contributed by atoms with E-state index in [2.05, 4.69) is 10.3 Å². The van der Waals surface area contributed by atoms with Crippen molar-refractivity contribution in [1.82, 2.24) is 9.88 Å². The highest BCUT2D eigenvalue weighted by molar-refractivity contribution is 6.33. The van der Waals surface area contributed by atoms with Crippen molar-refractivity contribution in [1.29, 1.82) is 0 Å². The molecule has 1 N–H and O–H groups in total. The highest BCUT2D eigenvalue weighted by atomic mass is 35.5. The summed E-state index contributed by atoms with van der Waals surface area (Å²) in [6, 6.07) is 3.49. The van der Waals surface area contributed by atoms with E-state index < -0.39 is 0 Å². The monoisotopic (exact) mass is 283 g/mol. The van der Waals surface area contributed by atoms with Crippen LogP contribution in [0.5, 0.6) is 0 Å². The van der Waals surface area contributed by atoms with Crippen LogP contribution in [0.1, 0.15) is 23.8 Å². The molecule has 5 nitrogen and oxygen atoms in total. The van der Waals surface area contributed by atoms with Gasteiger partial charge >= 0.3 is 0 Å². The van der Waals surface area contributed by atoms with Crippen LogP contribution >= 0.6 is 11.6 Å². The third-order valence-corrected chi connectivity index (χ3v) is 3.76. The van der Waals surface area contributed by atoms with Gasteiger partial charge in [0.2, 0.25) is 0 Å². The van der Waals surface area contributed by atoms with Crippen LogP contribution in [0.4, 0.5) is 5.82 Å². The fraction of sp³-hybridized carbons (Fsp3) is 0.538. The Bertz CT molecular complexity index is 481. The molecule has 2 heterocycles. The number of ether oxygens (including phenoxy) is 1. The Morgan fingerprint density at radius 1 is 1.58 bits per heavy atom. The molecular formula is C13H18ClN3O2. The normalized spacial score (nSPS) is 22.3. The maximum Gasteiger partial charge on any atom is 0.274 e. The summed E-state index contributed by atoms with van der Waals surface area (Å²) >= 11 is 6.07. The summed E-state index contributed by atoms with van der Waals surface area (Å²) < 4.78 is 5.49. The zero-order valence-electron chi connectivity index (χ0n) is 11.3. The highest BCUT2D eigenvalue weighted by Crippen LogP contribution is 2.23. The summed E-state index contributed by atoms with van der Waals surface area (Å²) in [6.07, 6.45) is 0.882. The number of carbonyl (C=O) groups excluding carboxylic acids is 1. The lowest BCUT2D eigenvalue weighted by Gasteiger charge is -2.26. The van der Waals surface area contributed by atoms with Crippen molar-refractivity contribution in [2.45, 2.75) is 25.5 Å². The zero-order valence-corrected chi connectivity index (χ0v) is 12.1. The van der Waals surface area contributed by atoms with Gasteiger partial charge in [-0.3, -0.25) is 4.79 Å². The summed E-state index contributed by atoms with van der Waals surface area (Å²) in [4.78, 5) is 18.4. The number of anilines is 1. The van der Waals surface area contributed by atoms with Gasteiger partial charge in [0, 0.05) is 20.7 Å². The van der Waals surface area contributed by atoms with E-state index in [4.69, 9.17) is 16.3 Å². The standard InChI is InChI=1S/C13H18ClN3O2/c1-8-10(6-7-19-8)17(3)13(18)12-9(14)4-5-11(15-2)16-12/h4-5,8,10H,6-7H2,1-3H3,(H,15,16). The summed E-state index contributed by atoms with van der Waals surface area (Å²) in [6.45, 7) is 2.65. The molecule has 104 valence electrons. The molecule has 1 saturated heterocycles. The Kier molecular flexibility index (Phi) is 4.27. The molecule has 0 saturated carbocycles. The lowest BCUT2D eigenvalue weighted by Crippen LogP contribution is -2.41. The van der Waals surface area contributed by atoms with Crippen LogP contribution in [0.3, 0.4) is 0 Å². The van der Waals surface area contributed by atoms with Gasteiger partial charge in [0.25, 0.3) is 5.91 Å². The highest BCUT2D eigenvalue weighted by Gasteiger charge is 2.32. The first-order valence-corrected chi connectivity index (χ1v) is 6.65. The molecule has 0 bridgehead atoms. The van der Waals surface area contributed by atoms with Gasteiger partial charge < -0.3 is 15.0 Å². The molecule has 19 heavy (non-hydrogen) atoms. The lowest BCUT2D eigenvalue weighted by molar-refractivity contribution is 0.0570. The van der Waals surface area contributed by atoms with Crippen molar-refractivity contribution in [3.63, 3.8) is 0 Å². The molecule has 1 amide bonds. The Balaban J connectivity index is 2.23. The van der Waals surface area contributed by atoms with Crippen LogP contribution in [-0.4, -0.2) is 48.6 Å². The maximum absolute atomic E-state index is 12.5. The minimum Gasteiger partial charge on any atom is -0.376 e. The van der Waals surface area contributed by atoms with Crippen LogP contribution in [0.15, 0.2) is 12.1 Å². The summed E-state index contributed by atoms with van der Waals surface area (Å²) in [5.41, 5.74) is 0.273. The largest absolute Gasteiger partial charge is 0.376 e. The fourth-order valence-electron chi connectivity index (χ4n) is 2.28. The van der Waals surface area contributed by atoms with Gasteiger partial charge in [-0.15, -0.1) is 0 Å². The third kappa shape index (κ3) is 2.82. The molecule has 6 heteroatoms. The number of carbonyl (C=O) groups is 1. The molecular weight excluding hydrogens is 266 g/mol. The summed E-state index contributed by atoms with van der Waals surface area (Å²) in [7, 11) is 3.52. The first-order chi connectivity index (χ1) is 9.04. The molecule has 0 aliphatic carbocycles. The first-order valence-electron chi connectivity index (χ1n) is 6.27. The van der Waals surface area contributed by atoms with E-state index in [1.54, 1.807) is 31.1 Å². The Morgan fingerprint density at radius 3 is 2.89 bits per heavy atom. The number of hydrogen-bond acceptors (Lipinski definition) is 4. The molecule has 1 aromatic heterocycles.